The van der Waals surface area contributed by atoms with Gasteiger partial charge in [-0.1, -0.05) is 13.3 Å². The number of carbonyl (C=O) groups excluding carboxylic acids is 1. The molecule has 21 heavy (non-hydrogen) atoms. The molecule has 2 aliphatic heterocycles. The fourth-order valence-corrected chi connectivity index (χ4v) is 3.34. The van der Waals surface area contributed by atoms with E-state index in [4.69, 9.17) is 10.5 Å². The molecule has 2 heterocycles. The molecule has 1 unspecified atom stereocenters. The molecule has 3 rings (SSSR count). The van der Waals surface area contributed by atoms with E-state index in [1.807, 2.05) is 13.8 Å². The number of aryl methyl sites for hydroxylation is 1. The Morgan fingerprint density at radius 2 is 2.24 bits per heavy atom. The SMILES string of the molecule is CCCCc1cc2c(c3c1NC(=O)C3(C)C)OC(CN)C2. The Labute approximate surface area is 126 Å². The van der Waals surface area contributed by atoms with Gasteiger partial charge in [-0.15, -0.1) is 0 Å². The van der Waals surface area contributed by atoms with Crippen LogP contribution in [0.5, 0.6) is 5.75 Å². The van der Waals surface area contributed by atoms with E-state index in [1.54, 1.807) is 0 Å². The summed E-state index contributed by atoms with van der Waals surface area (Å²) in [6, 6.07) is 2.21. The third kappa shape index (κ3) is 2.13. The molecule has 3 N–H and O–H groups in total. The quantitative estimate of drug-likeness (QED) is 0.895. The highest BCUT2D eigenvalue weighted by Crippen LogP contribution is 2.49. The number of carbonyl (C=O) groups is 1. The predicted molar refractivity (Wildman–Crippen MR) is 83.9 cm³/mol. The molecule has 0 radical (unpaired) electrons. The first kappa shape index (κ1) is 14.4. The Morgan fingerprint density at radius 1 is 1.48 bits per heavy atom. The zero-order valence-electron chi connectivity index (χ0n) is 13.1. The van der Waals surface area contributed by atoms with Gasteiger partial charge >= 0.3 is 0 Å². The van der Waals surface area contributed by atoms with Crippen molar-refractivity contribution in [3.8, 4) is 5.75 Å². The number of rotatable bonds is 4. The van der Waals surface area contributed by atoms with E-state index in [0.717, 1.165) is 42.7 Å². The lowest BCUT2D eigenvalue weighted by molar-refractivity contribution is -0.119. The maximum absolute atomic E-state index is 12.3. The molecule has 4 nitrogen and oxygen atoms in total. The lowest BCUT2D eigenvalue weighted by atomic mass is 9.83. The van der Waals surface area contributed by atoms with Crippen LogP contribution in [0, 0.1) is 0 Å². The molecule has 0 spiro atoms. The minimum Gasteiger partial charge on any atom is -0.488 e. The molecule has 114 valence electrons. The molecule has 1 amide bonds. The normalized spacial score (nSPS) is 21.7. The van der Waals surface area contributed by atoms with Gasteiger partial charge in [-0.05, 0) is 43.9 Å². The summed E-state index contributed by atoms with van der Waals surface area (Å²) in [4.78, 5) is 12.3. The van der Waals surface area contributed by atoms with Crippen LogP contribution in [0.4, 0.5) is 5.69 Å². The number of benzene rings is 1. The van der Waals surface area contributed by atoms with Crippen LogP contribution >= 0.6 is 0 Å². The Bertz CT molecular complexity index is 593. The number of unbranched alkanes of at least 4 members (excludes halogenated alkanes) is 1. The molecular formula is C17H24N2O2. The number of fused-ring (bicyclic) bond motifs is 3. The van der Waals surface area contributed by atoms with E-state index >= 15 is 0 Å². The summed E-state index contributed by atoms with van der Waals surface area (Å²) >= 11 is 0. The second-order valence-corrected chi connectivity index (χ2v) is 6.64. The van der Waals surface area contributed by atoms with Gasteiger partial charge in [0.15, 0.2) is 0 Å². The van der Waals surface area contributed by atoms with Crippen molar-refractivity contribution >= 4 is 11.6 Å². The van der Waals surface area contributed by atoms with Gasteiger partial charge in [-0.2, -0.15) is 0 Å². The maximum atomic E-state index is 12.3. The van der Waals surface area contributed by atoms with Crippen molar-refractivity contribution in [3.05, 3.63) is 22.8 Å². The van der Waals surface area contributed by atoms with Crippen LogP contribution in [0.2, 0.25) is 0 Å². The van der Waals surface area contributed by atoms with Gasteiger partial charge in [0.05, 0.1) is 11.1 Å². The Balaban J connectivity index is 2.13. The number of ether oxygens (including phenoxy) is 1. The van der Waals surface area contributed by atoms with Crippen LogP contribution in [0.1, 0.15) is 50.3 Å². The number of nitrogens with two attached hydrogens (primary N) is 1. The fraction of sp³-hybridized carbons (Fsp3) is 0.588. The highest BCUT2D eigenvalue weighted by Gasteiger charge is 2.44. The van der Waals surface area contributed by atoms with Crippen molar-refractivity contribution in [1.29, 1.82) is 0 Å². The van der Waals surface area contributed by atoms with E-state index in [9.17, 15) is 4.79 Å². The van der Waals surface area contributed by atoms with Gasteiger partial charge in [0.1, 0.15) is 11.9 Å². The fourth-order valence-electron chi connectivity index (χ4n) is 3.34. The lowest BCUT2D eigenvalue weighted by Gasteiger charge is -2.20. The summed E-state index contributed by atoms with van der Waals surface area (Å²) in [7, 11) is 0. The molecule has 1 aromatic carbocycles. The number of hydrogen-bond acceptors (Lipinski definition) is 3. The van der Waals surface area contributed by atoms with Crippen LogP contribution in [-0.2, 0) is 23.1 Å². The second-order valence-electron chi connectivity index (χ2n) is 6.64. The van der Waals surface area contributed by atoms with E-state index < -0.39 is 5.41 Å². The van der Waals surface area contributed by atoms with Crippen LogP contribution in [0.25, 0.3) is 0 Å². The summed E-state index contributed by atoms with van der Waals surface area (Å²) in [5, 5.41) is 3.08. The van der Waals surface area contributed by atoms with Crippen molar-refractivity contribution in [1.82, 2.24) is 0 Å². The van der Waals surface area contributed by atoms with Crippen LogP contribution < -0.4 is 15.8 Å². The predicted octanol–water partition coefficient (Wildman–Crippen LogP) is 2.52. The molecule has 0 fully saturated rings. The van der Waals surface area contributed by atoms with Crippen molar-refractivity contribution in [2.45, 2.75) is 58.0 Å². The van der Waals surface area contributed by atoms with Crippen LogP contribution in [0.15, 0.2) is 6.07 Å². The largest absolute Gasteiger partial charge is 0.488 e. The zero-order valence-corrected chi connectivity index (χ0v) is 13.1. The third-order valence-corrected chi connectivity index (χ3v) is 4.66. The van der Waals surface area contributed by atoms with Gasteiger partial charge < -0.3 is 15.8 Å². The average Bonchev–Trinajstić information content (AvgIpc) is 2.95. The van der Waals surface area contributed by atoms with Gasteiger partial charge in [-0.3, -0.25) is 4.79 Å². The minimum atomic E-state index is -0.537. The number of anilines is 1. The zero-order chi connectivity index (χ0) is 15.2. The topological polar surface area (TPSA) is 64.3 Å². The van der Waals surface area contributed by atoms with Crippen molar-refractivity contribution in [2.24, 2.45) is 5.73 Å². The molecule has 1 atom stereocenters. The van der Waals surface area contributed by atoms with Gasteiger partial charge in [0.2, 0.25) is 5.91 Å². The highest BCUT2D eigenvalue weighted by atomic mass is 16.5. The number of amides is 1. The first-order valence-electron chi connectivity index (χ1n) is 7.86. The van der Waals surface area contributed by atoms with Gasteiger partial charge in [0.25, 0.3) is 0 Å². The maximum Gasteiger partial charge on any atom is 0.234 e. The second kappa shape index (κ2) is 5.02. The van der Waals surface area contributed by atoms with Gasteiger partial charge in [-0.25, -0.2) is 0 Å². The third-order valence-electron chi connectivity index (χ3n) is 4.66. The standard InChI is InChI=1S/C17H24N2O2/c1-4-5-6-10-7-11-8-12(9-18)21-15(11)13-14(10)19-16(20)17(13,2)3/h7,12H,4-6,8-9,18H2,1-3H3,(H,19,20). The Morgan fingerprint density at radius 3 is 2.90 bits per heavy atom. The lowest BCUT2D eigenvalue weighted by Crippen LogP contribution is -2.28. The molecule has 0 aliphatic carbocycles. The average molecular weight is 288 g/mol. The first-order chi connectivity index (χ1) is 9.98. The van der Waals surface area contributed by atoms with E-state index in [2.05, 4.69) is 18.3 Å². The molecule has 4 heteroatoms. The molecule has 0 saturated heterocycles. The molecule has 0 aromatic heterocycles. The van der Waals surface area contributed by atoms with Crippen molar-refractivity contribution < 1.29 is 9.53 Å². The molecular weight excluding hydrogens is 264 g/mol. The van der Waals surface area contributed by atoms with Crippen molar-refractivity contribution in [3.63, 3.8) is 0 Å². The first-order valence-corrected chi connectivity index (χ1v) is 7.86. The molecule has 1 aromatic rings. The van der Waals surface area contributed by atoms with E-state index in [0.29, 0.717) is 6.54 Å². The van der Waals surface area contributed by atoms with Crippen LogP contribution in [0.3, 0.4) is 0 Å². The van der Waals surface area contributed by atoms with Crippen LogP contribution in [-0.4, -0.2) is 18.6 Å². The van der Waals surface area contributed by atoms with E-state index in [-0.39, 0.29) is 12.0 Å². The summed E-state index contributed by atoms with van der Waals surface area (Å²) in [5.41, 5.74) is 9.69. The Hall–Kier alpha value is -1.55. The van der Waals surface area contributed by atoms with E-state index in [1.165, 1.54) is 11.1 Å². The van der Waals surface area contributed by atoms with Gasteiger partial charge in [0, 0.05) is 18.5 Å². The summed E-state index contributed by atoms with van der Waals surface area (Å²) in [6.07, 6.45) is 4.16. The highest BCUT2D eigenvalue weighted by molar-refractivity contribution is 6.07. The summed E-state index contributed by atoms with van der Waals surface area (Å²) in [6.45, 7) is 6.63. The monoisotopic (exact) mass is 288 g/mol. The van der Waals surface area contributed by atoms with Crippen molar-refractivity contribution in [2.75, 3.05) is 11.9 Å². The Kier molecular flexibility index (Phi) is 3.44. The smallest absolute Gasteiger partial charge is 0.234 e. The molecule has 0 saturated carbocycles. The number of nitrogens with one attached hydrogen (secondary N) is 1. The number of hydrogen-bond donors (Lipinski definition) is 2. The minimum absolute atomic E-state index is 0.0389. The summed E-state index contributed by atoms with van der Waals surface area (Å²) < 4.78 is 6.03. The molecule has 0 bridgehead atoms. The molecule has 2 aliphatic rings. The summed E-state index contributed by atoms with van der Waals surface area (Å²) in [5.74, 6) is 0.951.